The van der Waals surface area contributed by atoms with E-state index in [2.05, 4.69) is 66.0 Å². The summed E-state index contributed by atoms with van der Waals surface area (Å²) < 4.78 is 12.3. The van der Waals surface area contributed by atoms with Gasteiger partial charge in [0.2, 0.25) is 0 Å². The number of hydrogen-bond acceptors (Lipinski definition) is 3. The van der Waals surface area contributed by atoms with E-state index in [1.54, 1.807) is 7.11 Å². The van der Waals surface area contributed by atoms with Gasteiger partial charge in [-0.15, -0.1) is 0 Å². The van der Waals surface area contributed by atoms with Gasteiger partial charge >= 0.3 is 0 Å². The number of rotatable bonds is 6. The highest BCUT2D eigenvalue weighted by Crippen LogP contribution is 2.26. The number of ether oxygens (including phenoxy) is 2. The van der Waals surface area contributed by atoms with Crippen molar-refractivity contribution in [2.24, 2.45) is 0 Å². The Morgan fingerprint density at radius 1 is 1.17 bits per heavy atom. The quantitative estimate of drug-likeness (QED) is 0.471. The third-order valence-corrected chi connectivity index (χ3v) is 5.11. The first-order valence-corrected chi connectivity index (χ1v) is 9.44. The molecule has 0 aliphatic carbocycles. The van der Waals surface area contributed by atoms with Gasteiger partial charge in [-0.05, 0) is 77.0 Å². The maximum atomic E-state index is 6.12. The number of anilines is 1. The third kappa shape index (κ3) is 4.83. The molecule has 0 saturated heterocycles. The average molecular weight is 455 g/mol. The maximum absolute atomic E-state index is 6.12. The molecule has 2 rings (SSSR count). The van der Waals surface area contributed by atoms with Gasteiger partial charge in [-0.25, -0.2) is 0 Å². The Kier molecular flexibility index (Phi) is 7.30. The molecule has 0 aliphatic rings. The lowest BCUT2D eigenvalue weighted by molar-refractivity contribution is 0.303. The molecule has 0 saturated carbocycles. The van der Waals surface area contributed by atoms with Crippen LogP contribution >= 0.6 is 34.8 Å². The van der Waals surface area contributed by atoms with Gasteiger partial charge in [0.25, 0.3) is 5.17 Å². The molecule has 0 unspecified atom stereocenters. The molecule has 5 heteroatoms. The van der Waals surface area contributed by atoms with Crippen LogP contribution in [0.2, 0.25) is 0 Å². The minimum absolute atomic E-state index is 0.347. The molecule has 3 nitrogen and oxygen atoms in total. The van der Waals surface area contributed by atoms with Gasteiger partial charge in [0.05, 0.1) is 7.11 Å². The van der Waals surface area contributed by atoms with Crippen LogP contribution in [-0.2, 0) is 24.2 Å². The monoisotopic (exact) mass is 455 g/mol. The number of thiocarbonyl (C=S) groups is 1. The second-order valence-corrected chi connectivity index (χ2v) is 6.85. The largest absolute Gasteiger partial charge is 0.489 e. The van der Waals surface area contributed by atoms with Crippen molar-refractivity contribution < 1.29 is 9.47 Å². The van der Waals surface area contributed by atoms with E-state index >= 15 is 0 Å². The summed E-state index contributed by atoms with van der Waals surface area (Å²) in [7, 11) is 1.56. The first kappa shape index (κ1) is 19.0. The van der Waals surface area contributed by atoms with E-state index in [0.29, 0.717) is 11.8 Å². The molecule has 24 heavy (non-hydrogen) atoms. The van der Waals surface area contributed by atoms with Crippen LogP contribution in [0.5, 0.6) is 5.75 Å². The van der Waals surface area contributed by atoms with Gasteiger partial charge in [-0.3, -0.25) is 0 Å². The highest BCUT2D eigenvalue weighted by molar-refractivity contribution is 14.1. The molecular weight excluding hydrogens is 433 g/mol. The van der Waals surface area contributed by atoms with Crippen molar-refractivity contribution in [3.8, 4) is 5.75 Å². The van der Waals surface area contributed by atoms with Crippen molar-refractivity contribution in [1.29, 1.82) is 0 Å². The zero-order valence-electron chi connectivity index (χ0n) is 14.2. The molecule has 0 fully saturated rings. The Morgan fingerprint density at radius 2 is 1.96 bits per heavy atom. The summed E-state index contributed by atoms with van der Waals surface area (Å²) in [5, 5.41) is 3.46. The van der Waals surface area contributed by atoms with Crippen molar-refractivity contribution >= 4 is 45.7 Å². The SMILES string of the molecule is CCc1ccc(OCc2c(I)cccc2NC(=S)OC)c(CC)c1. The van der Waals surface area contributed by atoms with Crippen LogP contribution in [0, 0.1) is 3.57 Å². The Bertz CT molecular complexity index is 719. The lowest BCUT2D eigenvalue weighted by atomic mass is 10.1. The first-order valence-electron chi connectivity index (χ1n) is 7.96. The molecule has 0 heterocycles. The minimum Gasteiger partial charge on any atom is -0.489 e. The van der Waals surface area contributed by atoms with Crippen LogP contribution in [0.1, 0.15) is 30.5 Å². The van der Waals surface area contributed by atoms with Crippen LogP contribution < -0.4 is 10.1 Å². The number of benzene rings is 2. The molecule has 0 amide bonds. The van der Waals surface area contributed by atoms with E-state index in [-0.39, 0.29) is 0 Å². The molecular formula is C19H22INO2S. The zero-order chi connectivity index (χ0) is 17.5. The molecule has 0 atom stereocenters. The normalized spacial score (nSPS) is 10.3. The Balaban J connectivity index is 2.21. The second kappa shape index (κ2) is 9.22. The Morgan fingerprint density at radius 3 is 2.62 bits per heavy atom. The molecule has 128 valence electrons. The van der Waals surface area contributed by atoms with Gasteiger partial charge < -0.3 is 14.8 Å². The lowest BCUT2D eigenvalue weighted by Gasteiger charge is -2.16. The van der Waals surface area contributed by atoms with Gasteiger partial charge in [0.1, 0.15) is 12.4 Å². The molecule has 0 radical (unpaired) electrons. The van der Waals surface area contributed by atoms with E-state index in [1.165, 1.54) is 11.1 Å². The molecule has 1 N–H and O–H groups in total. The highest BCUT2D eigenvalue weighted by Gasteiger charge is 2.11. The van der Waals surface area contributed by atoms with Crippen molar-refractivity contribution in [3.63, 3.8) is 0 Å². The van der Waals surface area contributed by atoms with E-state index in [4.69, 9.17) is 21.7 Å². The molecule has 2 aromatic rings. The number of methoxy groups -OCH3 is 1. The number of aryl methyl sites for hydroxylation is 2. The van der Waals surface area contributed by atoms with Crippen LogP contribution in [0.15, 0.2) is 36.4 Å². The molecule has 0 aliphatic heterocycles. The predicted octanol–water partition coefficient (Wildman–Crippen LogP) is 5.34. The second-order valence-electron chi connectivity index (χ2n) is 5.32. The number of halogens is 1. The van der Waals surface area contributed by atoms with Crippen LogP contribution in [-0.4, -0.2) is 12.3 Å². The molecule has 2 aromatic carbocycles. The van der Waals surface area contributed by atoms with E-state index in [0.717, 1.165) is 33.4 Å². The van der Waals surface area contributed by atoms with Crippen LogP contribution in [0.25, 0.3) is 0 Å². The molecule has 0 spiro atoms. The van der Waals surface area contributed by atoms with Crippen molar-refractivity contribution in [1.82, 2.24) is 0 Å². The first-order chi connectivity index (χ1) is 11.6. The smallest absolute Gasteiger partial charge is 0.260 e. The van der Waals surface area contributed by atoms with Crippen molar-refractivity contribution in [2.75, 3.05) is 12.4 Å². The topological polar surface area (TPSA) is 30.5 Å². The highest BCUT2D eigenvalue weighted by atomic mass is 127. The van der Waals surface area contributed by atoms with E-state index in [1.807, 2.05) is 12.1 Å². The Labute approximate surface area is 162 Å². The fraction of sp³-hybridized carbons (Fsp3) is 0.316. The van der Waals surface area contributed by atoms with Crippen LogP contribution in [0.3, 0.4) is 0 Å². The predicted molar refractivity (Wildman–Crippen MR) is 112 cm³/mol. The average Bonchev–Trinajstić information content (AvgIpc) is 2.61. The van der Waals surface area contributed by atoms with Crippen molar-refractivity contribution in [2.45, 2.75) is 33.3 Å². The lowest BCUT2D eigenvalue weighted by Crippen LogP contribution is -2.13. The number of nitrogens with one attached hydrogen (secondary N) is 1. The molecule has 0 bridgehead atoms. The van der Waals surface area contributed by atoms with Crippen LogP contribution in [0.4, 0.5) is 5.69 Å². The van der Waals surface area contributed by atoms with Gasteiger partial charge in [-0.2, -0.15) is 0 Å². The summed E-state index contributed by atoms with van der Waals surface area (Å²) in [6, 6.07) is 12.4. The Hall–Kier alpha value is -1.34. The standard InChI is InChI=1S/C19H22INO2S/c1-4-13-9-10-18(14(5-2)11-13)23-12-15-16(20)7-6-8-17(15)21-19(24)22-3/h6-11H,4-5,12H2,1-3H3,(H,21,24). The van der Waals surface area contributed by atoms with E-state index in [9.17, 15) is 0 Å². The molecule has 0 aromatic heterocycles. The summed E-state index contributed by atoms with van der Waals surface area (Å²) in [6.07, 6.45) is 1.99. The third-order valence-electron chi connectivity index (χ3n) is 3.83. The van der Waals surface area contributed by atoms with Gasteiger partial charge in [0, 0.05) is 14.8 Å². The fourth-order valence-corrected chi connectivity index (χ4v) is 3.17. The zero-order valence-corrected chi connectivity index (χ0v) is 17.2. The van der Waals surface area contributed by atoms with Gasteiger partial charge in [0.15, 0.2) is 0 Å². The fourth-order valence-electron chi connectivity index (χ4n) is 2.40. The maximum Gasteiger partial charge on any atom is 0.260 e. The summed E-state index contributed by atoms with van der Waals surface area (Å²) in [4.78, 5) is 0. The summed E-state index contributed by atoms with van der Waals surface area (Å²) in [6.45, 7) is 4.79. The number of hydrogen-bond donors (Lipinski definition) is 1. The minimum atomic E-state index is 0.347. The summed E-state index contributed by atoms with van der Waals surface area (Å²) >= 11 is 7.42. The summed E-state index contributed by atoms with van der Waals surface area (Å²) in [5.74, 6) is 0.939. The van der Waals surface area contributed by atoms with Crippen molar-refractivity contribution in [3.05, 3.63) is 56.7 Å². The van der Waals surface area contributed by atoms with E-state index < -0.39 is 0 Å². The summed E-state index contributed by atoms with van der Waals surface area (Å²) in [5.41, 5.74) is 4.56. The van der Waals surface area contributed by atoms with Gasteiger partial charge in [-0.1, -0.05) is 32.0 Å².